The average Bonchev–Trinajstić information content (AvgIpc) is 2.98. The summed E-state index contributed by atoms with van der Waals surface area (Å²) >= 11 is 0. The molecule has 1 fully saturated rings. The van der Waals surface area contributed by atoms with E-state index in [1.165, 1.54) is 0 Å². The van der Waals surface area contributed by atoms with Gasteiger partial charge in [-0.25, -0.2) is 14.4 Å². The summed E-state index contributed by atoms with van der Waals surface area (Å²) < 4.78 is 18.3. The summed E-state index contributed by atoms with van der Waals surface area (Å²) in [5.41, 5.74) is 1.31. The monoisotopic (exact) mass is 302 g/mol. The lowest BCUT2D eigenvalue weighted by atomic mass is 10.2. The molecule has 0 N–H and O–H groups in total. The van der Waals surface area contributed by atoms with Crippen LogP contribution in [0.25, 0.3) is 0 Å². The predicted molar refractivity (Wildman–Crippen MR) is 75.9 cm³/mol. The molecule has 114 valence electrons. The van der Waals surface area contributed by atoms with Crippen molar-refractivity contribution in [3.8, 4) is 6.01 Å². The lowest BCUT2D eigenvalue weighted by Crippen LogP contribution is -2.31. The number of halogens is 1. The third-order valence-corrected chi connectivity index (χ3v) is 3.54. The summed E-state index contributed by atoms with van der Waals surface area (Å²) in [5.74, 6) is -0.570. The number of carbonyl (C=O) groups is 1. The van der Waals surface area contributed by atoms with Gasteiger partial charge in [-0.1, -0.05) is 0 Å². The van der Waals surface area contributed by atoms with Crippen molar-refractivity contribution in [3.05, 3.63) is 47.8 Å². The quantitative estimate of drug-likeness (QED) is 0.861. The molecule has 0 radical (unpaired) electrons. The largest absolute Gasteiger partial charge is 0.458 e. The SMILES string of the molecule is Cc1ncccc1C(=O)N1CC[C@@H](Oc2ncc(F)cn2)C1. The number of aryl methyl sites for hydroxylation is 1. The minimum Gasteiger partial charge on any atom is -0.458 e. The second kappa shape index (κ2) is 6.05. The first-order chi connectivity index (χ1) is 10.6. The summed E-state index contributed by atoms with van der Waals surface area (Å²) in [6, 6.07) is 3.64. The van der Waals surface area contributed by atoms with Crippen LogP contribution in [0.1, 0.15) is 22.5 Å². The van der Waals surface area contributed by atoms with Crippen LogP contribution in [-0.4, -0.2) is 45.0 Å². The van der Waals surface area contributed by atoms with Crippen LogP contribution in [-0.2, 0) is 0 Å². The number of likely N-dealkylation sites (tertiary alicyclic amines) is 1. The first kappa shape index (κ1) is 14.4. The van der Waals surface area contributed by atoms with Gasteiger partial charge >= 0.3 is 6.01 Å². The van der Waals surface area contributed by atoms with Crippen LogP contribution in [0, 0.1) is 12.7 Å². The van der Waals surface area contributed by atoms with Crippen molar-refractivity contribution in [2.45, 2.75) is 19.4 Å². The number of rotatable bonds is 3. The highest BCUT2D eigenvalue weighted by Gasteiger charge is 2.29. The summed E-state index contributed by atoms with van der Waals surface area (Å²) in [6.45, 7) is 2.86. The highest BCUT2D eigenvalue weighted by atomic mass is 19.1. The number of pyridine rings is 1. The van der Waals surface area contributed by atoms with Crippen molar-refractivity contribution in [1.29, 1.82) is 0 Å². The maximum atomic E-state index is 12.8. The Morgan fingerprint density at radius 2 is 2.14 bits per heavy atom. The van der Waals surface area contributed by atoms with Crippen LogP contribution in [0.4, 0.5) is 4.39 Å². The maximum absolute atomic E-state index is 12.8. The fourth-order valence-electron chi connectivity index (χ4n) is 2.40. The molecule has 0 spiro atoms. The maximum Gasteiger partial charge on any atom is 0.316 e. The van der Waals surface area contributed by atoms with Crippen LogP contribution < -0.4 is 4.74 Å². The second-order valence-electron chi connectivity index (χ2n) is 5.10. The molecular formula is C15H15FN4O2. The van der Waals surface area contributed by atoms with Gasteiger partial charge < -0.3 is 9.64 Å². The molecule has 1 amide bonds. The summed E-state index contributed by atoms with van der Waals surface area (Å²) in [4.78, 5) is 25.8. The molecule has 6 nitrogen and oxygen atoms in total. The Morgan fingerprint density at radius 3 is 2.86 bits per heavy atom. The molecule has 1 aliphatic heterocycles. The van der Waals surface area contributed by atoms with Gasteiger partial charge in [-0.2, -0.15) is 0 Å². The number of amides is 1. The first-order valence-electron chi connectivity index (χ1n) is 6.98. The zero-order valence-corrected chi connectivity index (χ0v) is 12.1. The second-order valence-corrected chi connectivity index (χ2v) is 5.10. The zero-order valence-electron chi connectivity index (χ0n) is 12.1. The van der Waals surface area contributed by atoms with Crippen molar-refractivity contribution in [3.63, 3.8) is 0 Å². The Bertz CT molecular complexity index is 677. The van der Waals surface area contributed by atoms with Crippen molar-refractivity contribution in [2.75, 3.05) is 13.1 Å². The third-order valence-electron chi connectivity index (χ3n) is 3.54. The van der Waals surface area contributed by atoms with E-state index in [9.17, 15) is 9.18 Å². The molecule has 1 aliphatic rings. The number of carbonyl (C=O) groups excluding carboxylic acids is 1. The Hall–Kier alpha value is -2.57. The normalized spacial score (nSPS) is 17.5. The van der Waals surface area contributed by atoms with Crippen LogP contribution in [0.3, 0.4) is 0 Å². The van der Waals surface area contributed by atoms with E-state index in [1.807, 2.05) is 6.92 Å². The molecule has 22 heavy (non-hydrogen) atoms. The first-order valence-corrected chi connectivity index (χ1v) is 6.98. The molecule has 1 saturated heterocycles. The van der Waals surface area contributed by atoms with Gasteiger partial charge in [-0.05, 0) is 19.1 Å². The van der Waals surface area contributed by atoms with Gasteiger partial charge in [-0.15, -0.1) is 0 Å². The van der Waals surface area contributed by atoms with Gasteiger partial charge in [0, 0.05) is 24.9 Å². The van der Waals surface area contributed by atoms with E-state index in [2.05, 4.69) is 15.0 Å². The smallest absolute Gasteiger partial charge is 0.316 e. The highest BCUT2D eigenvalue weighted by molar-refractivity contribution is 5.95. The van der Waals surface area contributed by atoms with Gasteiger partial charge in [0.1, 0.15) is 6.10 Å². The van der Waals surface area contributed by atoms with E-state index in [0.717, 1.165) is 12.4 Å². The van der Waals surface area contributed by atoms with Gasteiger partial charge in [0.25, 0.3) is 5.91 Å². The summed E-state index contributed by atoms with van der Waals surface area (Å²) in [5, 5.41) is 0. The molecule has 2 aromatic heterocycles. The molecule has 2 aromatic rings. The molecule has 0 aliphatic carbocycles. The predicted octanol–water partition coefficient (Wildman–Crippen LogP) is 1.61. The molecule has 0 saturated carbocycles. The zero-order chi connectivity index (χ0) is 15.5. The molecule has 3 rings (SSSR count). The molecule has 1 atom stereocenters. The fourth-order valence-corrected chi connectivity index (χ4v) is 2.40. The van der Waals surface area contributed by atoms with Crippen molar-refractivity contribution < 1.29 is 13.9 Å². The summed E-state index contributed by atoms with van der Waals surface area (Å²) in [7, 11) is 0. The van der Waals surface area contributed by atoms with E-state index < -0.39 is 5.82 Å². The van der Waals surface area contributed by atoms with Gasteiger partial charge in [0.2, 0.25) is 0 Å². The average molecular weight is 302 g/mol. The highest BCUT2D eigenvalue weighted by Crippen LogP contribution is 2.18. The van der Waals surface area contributed by atoms with E-state index >= 15 is 0 Å². The number of hydrogen-bond donors (Lipinski definition) is 0. The van der Waals surface area contributed by atoms with Crippen LogP contribution in [0.5, 0.6) is 6.01 Å². The minimum atomic E-state index is -0.511. The van der Waals surface area contributed by atoms with E-state index in [-0.39, 0.29) is 18.0 Å². The topological polar surface area (TPSA) is 68.2 Å². The minimum absolute atomic E-state index is 0.0586. The van der Waals surface area contributed by atoms with Crippen LogP contribution in [0.2, 0.25) is 0 Å². The van der Waals surface area contributed by atoms with Crippen LogP contribution >= 0.6 is 0 Å². The van der Waals surface area contributed by atoms with E-state index in [1.54, 1.807) is 23.2 Å². The Labute approximate surface area is 127 Å². The molecule has 0 bridgehead atoms. The molecule has 3 heterocycles. The molecular weight excluding hydrogens is 287 g/mol. The van der Waals surface area contributed by atoms with Crippen molar-refractivity contribution in [2.24, 2.45) is 0 Å². The standard InChI is InChI=1S/C15H15FN4O2/c1-10-13(3-2-5-17-10)14(21)20-6-4-12(9-20)22-15-18-7-11(16)8-19-15/h2-3,5,7-8,12H,4,6,9H2,1H3/t12-/m1/s1. The third kappa shape index (κ3) is 3.03. The van der Waals surface area contributed by atoms with Gasteiger partial charge in [0.15, 0.2) is 5.82 Å². The van der Waals surface area contributed by atoms with Gasteiger partial charge in [0.05, 0.1) is 24.5 Å². The number of ether oxygens (including phenoxy) is 1. The number of hydrogen-bond acceptors (Lipinski definition) is 5. The lowest BCUT2D eigenvalue weighted by Gasteiger charge is -2.17. The van der Waals surface area contributed by atoms with E-state index in [0.29, 0.717) is 30.8 Å². The Balaban J connectivity index is 1.63. The summed E-state index contributed by atoms with van der Waals surface area (Å²) in [6.07, 6.45) is 4.27. The van der Waals surface area contributed by atoms with Crippen molar-refractivity contribution in [1.82, 2.24) is 19.9 Å². The number of nitrogens with zero attached hydrogens (tertiary/aromatic N) is 4. The molecule has 7 heteroatoms. The molecule has 0 unspecified atom stereocenters. The van der Waals surface area contributed by atoms with Crippen LogP contribution in [0.15, 0.2) is 30.7 Å². The van der Waals surface area contributed by atoms with Crippen molar-refractivity contribution >= 4 is 5.91 Å². The molecule has 0 aromatic carbocycles. The number of aromatic nitrogens is 3. The Morgan fingerprint density at radius 1 is 1.36 bits per heavy atom. The van der Waals surface area contributed by atoms with E-state index in [4.69, 9.17) is 4.74 Å². The Kier molecular flexibility index (Phi) is 3.95. The van der Waals surface area contributed by atoms with Gasteiger partial charge in [-0.3, -0.25) is 9.78 Å². The lowest BCUT2D eigenvalue weighted by molar-refractivity contribution is 0.0768. The fraction of sp³-hybridized carbons (Fsp3) is 0.333.